The van der Waals surface area contributed by atoms with Gasteiger partial charge in [0.05, 0.1) is 36.8 Å². The number of likely N-dealkylation sites (tertiary alicyclic amines) is 1. The van der Waals surface area contributed by atoms with Crippen LogP contribution in [0.25, 0.3) is 10.8 Å². The first-order valence-corrected chi connectivity index (χ1v) is 20.5. The Labute approximate surface area is 336 Å². The number of rotatable bonds is 14. The summed E-state index contributed by atoms with van der Waals surface area (Å²) in [5, 5.41) is 13.8. The summed E-state index contributed by atoms with van der Waals surface area (Å²) in [7, 11) is 1.69. The average Bonchev–Trinajstić information content (AvgIpc) is 3.18. The van der Waals surface area contributed by atoms with Crippen LogP contribution in [0.15, 0.2) is 85.1 Å². The molecule has 0 bridgehead atoms. The van der Waals surface area contributed by atoms with Gasteiger partial charge in [0, 0.05) is 54.1 Å². The van der Waals surface area contributed by atoms with Crippen LogP contribution >= 0.6 is 0 Å². The zero-order chi connectivity index (χ0) is 40.5. The fourth-order valence-corrected chi connectivity index (χ4v) is 7.19. The minimum atomic E-state index is -1.36. The monoisotopic (exact) mass is 793 g/mol. The molecule has 4 aromatic carbocycles. The summed E-state index contributed by atoms with van der Waals surface area (Å²) in [6, 6.07) is 23.3. The van der Waals surface area contributed by atoms with E-state index in [-0.39, 0.29) is 11.3 Å². The number of hydrogen-bond donors (Lipinski definition) is 5. The van der Waals surface area contributed by atoms with Crippen molar-refractivity contribution in [1.82, 2.24) is 15.2 Å². The molecule has 6 rings (SSSR count). The molecule has 1 saturated heterocycles. The highest BCUT2D eigenvalue weighted by Gasteiger charge is 2.22. The van der Waals surface area contributed by atoms with Gasteiger partial charge >= 0.3 is 6.03 Å². The molecule has 0 spiro atoms. The molecule has 2 heterocycles. The first-order valence-electron chi connectivity index (χ1n) is 18.9. The first kappa shape index (κ1) is 40.8. The summed E-state index contributed by atoms with van der Waals surface area (Å²) in [6.45, 7) is 9.74. The third kappa shape index (κ3) is 10.5. The van der Waals surface area contributed by atoms with Gasteiger partial charge in [0.15, 0.2) is 5.75 Å². The van der Waals surface area contributed by atoms with Gasteiger partial charge in [0.1, 0.15) is 34.1 Å². The van der Waals surface area contributed by atoms with Crippen LogP contribution < -0.4 is 40.2 Å². The van der Waals surface area contributed by atoms with Gasteiger partial charge in [0.2, 0.25) is 0 Å². The number of nitrogens with one attached hydrogen (secondary N) is 5. The number of hydrogen-bond acceptors (Lipinski definition) is 9. The largest absolute Gasteiger partial charge is 0.496 e. The molecule has 1 aromatic heterocycles. The lowest BCUT2D eigenvalue weighted by Crippen LogP contribution is -2.37. The number of methoxy groups -OCH3 is 2. The molecule has 3 amide bonds. The maximum atomic E-state index is 13.5. The van der Waals surface area contributed by atoms with E-state index in [1.54, 1.807) is 49.7 Å². The number of anilines is 5. The first-order chi connectivity index (χ1) is 27.4. The smallest absolute Gasteiger partial charge is 0.323 e. The number of urea groups is 1. The van der Waals surface area contributed by atoms with Crippen LogP contribution in [0.3, 0.4) is 0 Å². The Hall–Kier alpha value is -5.86. The maximum absolute atomic E-state index is 13.5. The van der Waals surface area contributed by atoms with Gasteiger partial charge in [-0.15, -0.1) is 0 Å². The summed E-state index contributed by atoms with van der Waals surface area (Å²) >= 11 is 0. The molecule has 1 unspecified atom stereocenters. The van der Waals surface area contributed by atoms with E-state index in [2.05, 4.69) is 56.6 Å². The number of amides is 3. The fraction of sp³-hybridized carbons (Fsp3) is 0.326. The van der Waals surface area contributed by atoms with Crippen molar-refractivity contribution in [3.8, 4) is 23.0 Å². The van der Waals surface area contributed by atoms with Crippen molar-refractivity contribution in [2.75, 3.05) is 67.3 Å². The van der Waals surface area contributed by atoms with Gasteiger partial charge in [-0.05, 0) is 79.4 Å². The molecule has 13 nitrogen and oxygen atoms in total. The fourth-order valence-electron chi connectivity index (χ4n) is 6.73. The minimum Gasteiger partial charge on any atom is -0.496 e. The van der Waals surface area contributed by atoms with E-state index < -0.39 is 17.0 Å². The lowest BCUT2D eigenvalue weighted by atomic mass is 9.86. The predicted molar refractivity (Wildman–Crippen MR) is 229 cm³/mol. The molecule has 5 N–H and O–H groups in total. The maximum Gasteiger partial charge on any atom is 0.323 e. The van der Waals surface area contributed by atoms with E-state index in [4.69, 9.17) is 14.2 Å². The Morgan fingerprint density at radius 3 is 2.28 bits per heavy atom. The molecule has 1 aliphatic heterocycles. The standard InChI is InChI=1S/C43H51N7O6S/c1-43(2,3)28-24-35(40(55-5)36(25-28)49-57(6)53)48-42(52)47-34-16-17-37(32-13-9-8-12-31(32)34)56-30-18-19-44-39(27-30)46-29-14-15-33(38(26-29)54-4)41(51)45-20-23-50-21-10-7-11-22-50/h8-9,12-19,24-27,49H,7,10-11,20-23H2,1-6H3,(H,44,46)(H,45,51)(H2,47,48,52). The Morgan fingerprint density at radius 2 is 1.56 bits per heavy atom. The van der Waals surface area contributed by atoms with Crippen LogP contribution in [-0.2, 0) is 16.4 Å². The van der Waals surface area contributed by atoms with Gasteiger partial charge in [0.25, 0.3) is 5.91 Å². The van der Waals surface area contributed by atoms with Gasteiger partial charge in [-0.2, -0.15) is 0 Å². The van der Waals surface area contributed by atoms with Crippen molar-refractivity contribution in [3.05, 3.63) is 96.2 Å². The highest BCUT2D eigenvalue weighted by atomic mass is 32.2. The third-order valence-corrected chi connectivity index (χ3v) is 10.1. The lowest BCUT2D eigenvalue weighted by molar-refractivity contribution is 0.0943. The number of piperidine rings is 1. The summed E-state index contributed by atoms with van der Waals surface area (Å²) < 4.78 is 32.6. The lowest BCUT2D eigenvalue weighted by Gasteiger charge is -2.26. The van der Waals surface area contributed by atoms with Crippen LogP contribution in [-0.4, -0.2) is 72.7 Å². The molecule has 5 aromatic rings. The summed E-state index contributed by atoms with van der Waals surface area (Å²) in [6.07, 6.45) is 6.87. The van der Waals surface area contributed by atoms with Crippen molar-refractivity contribution in [2.45, 2.75) is 45.4 Å². The van der Waals surface area contributed by atoms with E-state index in [1.165, 1.54) is 32.6 Å². The van der Waals surface area contributed by atoms with Crippen molar-refractivity contribution in [3.63, 3.8) is 0 Å². The van der Waals surface area contributed by atoms with E-state index >= 15 is 0 Å². The number of fused-ring (bicyclic) bond motifs is 1. The molecule has 0 saturated carbocycles. The SMILES string of the molecule is COc1cc(Nc2cc(Oc3ccc(NC(=O)Nc4cc(C(C)(C)C)cc(NS(C)=O)c4OC)c4ccccc34)ccn2)ccc1C(=O)NCCN1CCCCC1. The second-order valence-electron chi connectivity index (χ2n) is 14.8. The summed E-state index contributed by atoms with van der Waals surface area (Å²) in [4.78, 5) is 33.4. The number of carbonyl (C=O) groups is 2. The molecular weight excluding hydrogens is 743 g/mol. The van der Waals surface area contributed by atoms with E-state index in [0.29, 0.717) is 63.7 Å². The van der Waals surface area contributed by atoms with Crippen LogP contribution in [0.1, 0.15) is 56.0 Å². The molecule has 0 aliphatic carbocycles. The van der Waals surface area contributed by atoms with Gasteiger partial charge in [-0.25, -0.2) is 14.0 Å². The van der Waals surface area contributed by atoms with Crippen molar-refractivity contribution in [1.29, 1.82) is 0 Å². The predicted octanol–water partition coefficient (Wildman–Crippen LogP) is 8.65. The van der Waals surface area contributed by atoms with Crippen LogP contribution in [0.4, 0.5) is 33.4 Å². The van der Waals surface area contributed by atoms with Crippen LogP contribution in [0.5, 0.6) is 23.0 Å². The molecule has 1 fully saturated rings. The Morgan fingerprint density at radius 1 is 0.825 bits per heavy atom. The second-order valence-corrected chi connectivity index (χ2v) is 15.9. The van der Waals surface area contributed by atoms with Crippen molar-refractivity contribution in [2.24, 2.45) is 0 Å². The van der Waals surface area contributed by atoms with Crippen LogP contribution in [0, 0.1) is 0 Å². The number of nitrogens with zero attached hydrogens (tertiary/aromatic N) is 2. The van der Waals surface area contributed by atoms with Gasteiger partial charge < -0.3 is 45.1 Å². The molecule has 1 aliphatic rings. The number of benzene rings is 4. The number of aromatic nitrogens is 1. The zero-order valence-electron chi connectivity index (χ0n) is 33.3. The summed E-state index contributed by atoms with van der Waals surface area (Å²) in [5.74, 6) is 2.28. The topological polar surface area (TPSA) is 155 Å². The molecule has 300 valence electrons. The molecular formula is C43H51N7O6S. The highest BCUT2D eigenvalue weighted by molar-refractivity contribution is 7.85. The van der Waals surface area contributed by atoms with E-state index in [0.717, 1.165) is 36.0 Å². The third-order valence-electron chi connectivity index (χ3n) is 9.63. The van der Waals surface area contributed by atoms with Gasteiger partial charge in [-0.3, -0.25) is 4.79 Å². The normalized spacial score (nSPS) is 13.6. The second kappa shape index (κ2) is 18.4. The Kier molecular flexibility index (Phi) is 13.2. The number of pyridine rings is 1. The summed E-state index contributed by atoms with van der Waals surface area (Å²) in [5.41, 5.74) is 3.33. The molecule has 57 heavy (non-hydrogen) atoms. The van der Waals surface area contributed by atoms with Crippen molar-refractivity contribution >= 4 is 62.3 Å². The zero-order valence-corrected chi connectivity index (χ0v) is 34.1. The number of ether oxygens (including phenoxy) is 3. The number of carbonyl (C=O) groups excluding carboxylic acids is 2. The van der Waals surface area contributed by atoms with Crippen LogP contribution in [0.2, 0.25) is 0 Å². The van der Waals surface area contributed by atoms with E-state index in [1.807, 2.05) is 42.5 Å². The minimum absolute atomic E-state index is 0.178. The van der Waals surface area contributed by atoms with Crippen molar-refractivity contribution < 1.29 is 28.0 Å². The molecule has 0 radical (unpaired) electrons. The quantitative estimate of drug-likeness (QED) is 0.0743. The molecule has 1 atom stereocenters. The average molecular weight is 794 g/mol. The van der Waals surface area contributed by atoms with E-state index in [9.17, 15) is 13.8 Å². The Balaban J connectivity index is 1.14. The highest BCUT2D eigenvalue weighted by Crippen LogP contribution is 2.40. The Bertz CT molecular complexity index is 2250. The molecule has 14 heteroatoms. The van der Waals surface area contributed by atoms with Gasteiger partial charge in [-0.1, -0.05) is 51.5 Å².